The molecule has 5 nitrogen and oxygen atoms in total. The molecule has 0 spiro atoms. The molecule has 0 heterocycles. The van der Waals surface area contributed by atoms with Crippen LogP contribution in [0.1, 0.15) is 18.9 Å². The van der Waals surface area contributed by atoms with Crippen LogP contribution in [0.4, 0.5) is 0 Å². The second kappa shape index (κ2) is 5.58. The van der Waals surface area contributed by atoms with Crippen molar-refractivity contribution in [1.29, 1.82) is 0 Å². The van der Waals surface area contributed by atoms with Crippen LogP contribution >= 0.6 is 0 Å². The van der Waals surface area contributed by atoms with Gasteiger partial charge >= 0.3 is 0 Å². The first-order valence-electron chi connectivity index (χ1n) is 5.17. The largest absolute Gasteiger partial charge is 0.504 e. The second-order valence-corrected chi connectivity index (χ2v) is 3.61. The molecule has 0 unspecified atom stereocenters. The summed E-state index contributed by atoms with van der Waals surface area (Å²) in [6.45, 7) is 2.27. The van der Waals surface area contributed by atoms with Gasteiger partial charge in [-0.05, 0) is 12.5 Å². The highest BCUT2D eigenvalue weighted by Crippen LogP contribution is 2.36. The summed E-state index contributed by atoms with van der Waals surface area (Å²) in [5.41, 5.74) is 0.474. The number of hydrogen-bond donors (Lipinski definition) is 5. The summed E-state index contributed by atoms with van der Waals surface area (Å²) in [6, 6.07) is 2.78. The molecule has 1 rings (SSSR count). The number of hydrogen-bond acceptors (Lipinski definition) is 5. The van der Waals surface area contributed by atoms with Gasteiger partial charge in [0.05, 0.1) is 6.61 Å². The molecular weight excluding hydrogens is 210 g/mol. The number of phenols is 3. The summed E-state index contributed by atoms with van der Waals surface area (Å²) < 4.78 is 0. The molecule has 5 heteroatoms. The van der Waals surface area contributed by atoms with Gasteiger partial charge in [0.2, 0.25) is 5.75 Å². The molecular formula is C11H17NO4. The molecule has 0 aliphatic rings. The predicted octanol–water partition coefficient (Wildman–Crippen LogP) is 0.664. The Morgan fingerprint density at radius 1 is 1.19 bits per heavy atom. The SMILES string of the molecule is CC[C@H](CO)NCc1ccc(O)c(O)c1O. The number of phenolic OH excluding ortho intramolecular Hbond substituents is 3. The van der Waals surface area contributed by atoms with Crippen LogP contribution in [0.2, 0.25) is 0 Å². The van der Waals surface area contributed by atoms with Crippen molar-refractivity contribution in [2.45, 2.75) is 25.9 Å². The maximum atomic E-state index is 9.52. The lowest BCUT2D eigenvalue weighted by Crippen LogP contribution is -2.31. The minimum absolute atomic E-state index is 0.0152. The monoisotopic (exact) mass is 227 g/mol. The van der Waals surface area contributed by atoms with Crippen LogP contribution < -0.4 is 5.32 Å². The Morgan fingerprint density at radius 2 is 1.88 bits per heavy atom. The van der Waals surface area contributed by atoms with E-state index in [9.17, 15) is 10.2 Å². The Bertz CT molecular complexity index is 350. The van der Waals surface area contributed by atoms with Gasteiger partial charge in [-0.1, -0.05) is 13.0 Å². The van der Waals surface area contributed by atoms with Crippen LogP contribution in [0.25, 0.3) is 0 Å². The molecule has 0 saturated heterocycles. The van der Waals surface area contributed by atoms with E-state index in [2.05, 4.69) is 5.32 Å². The third-order valence-corrected chi connectivity index (χ3v) is 2.51. The highest BCUT2D eigenvalue weighted by Gasteiger charge is 2.12. The number of rotatable bonds is 5. The van der Waals surface area contributed by atoms with Gasteiger partial charge in [-0.3, -0.25) is 0 Å². The van der Waals surface area contributed by atoms with Crippen molar-refractivity contribution in [3.63, 3.8) is 0 Å². The number of benzene rings is 1. The highest BCUT2D eigenvalue weighted by molar-refractivity contribution is 5.52. The van der Waals surface area contributed by atoms with Crippen molar-refractivity contribution < 1.29 is 20.4 Å². The topological polar surface area (TPSA) is 93.0 Å². The average molecular weight is 227 g/mol. The lowest BCUT2D eigenvalue weighted by molar-refractivity contribution is 0.237. The maximum absolute atomic E-state index is 9.52. The fourth-order valence-corrected chi connectivity index (χ4v) is 1.35. The van der Waals surface area contributed by atoms with Gasteiger partial charge < -0.3 is 25.7 Å². The molecule has 0 radical (unpaired) electrons. The maximum Gasteiger partial charge on any atom is 0.200 e. The van der Waals surface area contributed by atoms with Crippen LogP contribution in [-0.2, 0) is 6.54 Å². The third-order valence-electron chi connectivity index (χ3n) is 2.51. The van der Waals surface area contributed by atoms with E-state index in [1.165, 1.54) is 12.1 Å². The van der Waals surface area contributed by atoms with Crippen molar-refractivity contribution in [3.8, 4) is 17.2 Å². The summed E-state index contributed by atoms with van der Waals surface area (Å²) in [5.74, 6) is -1.20. The molecule has 0 bridgehead atoms. The van der Waals surface area contributed by atoms with Crippen molar-refractivity contribution >= 4 is 0 Å². The normalized spacial score (nSPS) is 12.6. The van der Waals surface area contributed by atoms with E-state index in [-0.39, 0.29) is 24.1 Å². The molecule has 90 valence electrons. The van der Waals surface area contributed by atoms with Crippen molar-refractivity contribution in [1.82, 2.24) is 5.32 Å². The van der Waals surface area contributed by atoms with E-state index in [1.54, 1.807) is 0 Å². The van der Waals surface area contributed by atoms with Crippen molar-refractivity contribution in [3.05, 3.63) is 17.7 Å². The van der Waals surface area contributed by atoms with Crippen LogP contribution in [0.3, 0.4) is 0 Å². The minimum atomic E-state index is -0.517. The number of nitrogens with one attached hydrogen (secondary N) is 1. The predicted molar refractivity (Wildman–Crippen MR) is 59.4 cm³/mol. The Labute approximate surface area is 94.0 Å². The van der Waals surface area contributed by atoms with E-state index >= 15 is 0 Å². The van der Waals surface area contributed by atoms with Crippen LogP contribution in [0.5, 0.6) is 17.2 Å². The summed E-state index contributed by atoms with van der Waals surface area (Å²) in [5, 5.41) is 39.9. The molecule has 0 aliphatic carbocycles. The fraction of sp³-hybridized carbons (Fsp3) is 0.455. The van der Waals surface area contributed by atoms with Gasteiger partial charge in [-0.25, -0.2) is 0 Å². The van der Waals surface area contributed by atoms with Crippen LogP contribution in [-0.4, -0.2) is 33.1 Å². The van der Waals surface area contributed by atoms with Gasteiger partial charge in [-0.2, -0.15) is 0 Å². The van der Waals surface area contributed by atoms with Gasteiger partial charge in [0.1, 0.15) is 0 Å². The lowest BCUT2D eigenvalue weighted by atomic mass is 10.1. The zero-order chi connectivity index (χ0) is 12.1. The van der Waals surface area contributed by atoms with Gasteiger partial charge in [-0.15, -0.1) is 0 Å². The van der Waals surface area contributed by atoms with Crippen LogP contribution in [0, 0.1) is 0 Å². The Kier molecular flexibility index (Phi) is 4.39. The minimum Gasteiger partial charge on any atom is -0.504 e. The Balaban J connectivity index is 2.71. The zero-order valence-electron chi connectivity index (χ0n) is 9.14. The van der Waals surface area contributed by atoms with Gasteiger partial charge in [0.25, 0.3) is 0 Å². The van der Waals surface area contributed by atoms with Gasteiger partial charge in [0, 0.05) is 18.2 Å². The molecule has 0 fully saturated rings. The lowest BCUT2D eigenvalue weighted by Gasteiger charge is -2.15. The zero-order valence-corrected chi connectivity index (χ0v) is 9.14. The molecule has 1 atom stereocenters. The second-order valence-electron chi connectivity index (χ2n) is 3.61. The van der Waals surface area contributed by atoms with E-state index in [4.69, 9.17) is 10.2 Å². The number of aliphatic hydroxyl groups excluding tert-OH is 1. The van der Waals surface area contributed by atoms with Crippen molar-refractivity contribution in [2.75, 3.05) is 6.61 Å². The first kappa shape index (κ1) is 12.6. The van der Waals surface area contributed by atoms with Crippen LogP contribution in [0.15, 0.2) is 12.1 Å². The molecule has 1 aromatic carbocycles. The summed E-state index contributed by atoms with van der Waals surface area (Å²) in [6.07, 6.45) is 0.765. The van der Waals surface area contributed by atoms with E-state index < -0.39 is 5.75 Å². The smallest absolute Gasteiger partial charge is 0.200 e. The molecule has 1 aromatic rings. The molecule has 5 N–H and O–H groups in total. The first-order valence-corrected chi connectivity index (χ1v) is 5.17. The van der Waals surface area contributed by atoms with Crippen molar-refractivity contribution in [2.24, 2.45) is 0 Å². The van der Waals surface area contributed by atoms with Gasteiger partial charge in [0.15, 0.2) is 11.5 Å². The quantitative estimate of drug-likeness (QED) is 0.477. The molecule has 0 aromatic heterocycles. The molecule has 0 aliphatic heterocycles. The standard InChI is InChI=1S/C11H17NO4/c1-2-8(6-13)12-5-7-3-4-9(14)11(16)10(7)15/h3-4,8,12-16H,2,5-6H2,1H3/t8-/m1/s1. The summed E-state index contributed by atoms with van der Waals surface area (Å²) in [4.78, 5) is 0. The Hall–Kier alpha value is -1.46. The summed E-state index contributed by atoms with van der Waals surface area (Å²) >= 11 is 0. The number of aromatic hydroxyl groups is 3. The summed E-state index contributed by atoms with van der Waals surface area (Å²) in [7, 11) is 0. The third kappa shape index (κ3) is 2.77. The Morgan fingerprint density at radius 3 is 2.44 bits per heavy atom. The highest BCUT2D eigenvalue weighted by atomic mass is 16.3. The number of aliphatic hydroxyl groups is 1. The van der Waals surface area contributed by atoms with E-state index in [0.29, 0.717) is 12.1 Å². The molecule has 0 amide bonds. The fourth-order valence-electron chi connectivity index (χ4n) is 1.35. The average Bonchev–Trinajstić information content (AvgIpc) is 2.30. The molecule has 0 saturated carbocycles. The van der Waals surface area contributed by atoms with E-state index in [0.717, 1.165) is 6.42 Å². The molecule has 16 heavy (non-hydrogen) atoms. The first-order chi connectivity index (χ1) is 7.60. The van der Waals surface area contributed by atoms with E-state index in [1.807, 2.05) is 6.92 Å².